The number of hydrogen-bond donors (Lipinski definition) is 1. The van der Waals surface area contributed by atoms with Crippen LogP contribution in [0.25, 0.3) is 0 Å². The van der Waals surface area contributed by atoms with Gasteiger partial charge < -0.3 is 10.2 Å². The van der Waals surface area contributed by atoms with Crippen molar-refractivity contribution in [2.45, 2.75) is 19.8 Å². The molecule has 124 valence electrons. The van der Waals surface area contributed by atoms with Crippen LogP contribution in [0.3, 0.4) is 0 Å². The predicted octanol–water partition coefficient (Wildman–Crippen LogP) is 0.640. The van der Waals surface area contributed by atoms with E-state index in [1.54, 1.807) is 16.2 Å². The van der Waals surface area contributed by atoms with Crippen molar-refractivity contribution in [1.29, 1.82) is 0 Å². The topological polar surface area (TPSA) is 82.6 Å². The molecule has 0 radical (unpaired) electrons. The summed E-state index contributed by atoms with van der Waals surface area (Å²) in [5, 5.41) is 5.95. The lowest BCUT2D eigenvalue weighted by atomic mass is 10.00. The van der Waals surface area contributed by atoms with E-state index in [2.05, 4.69) is 10.3 Å². The van der Waals surface area contributed by atoms with Crippen molar-refractivity contribution in [3.8, 4) is 0 Å². The number of imide groups is 1. The summed E-state index contributed by atoms with van der Waals surface area (Å²) >= 11 is 1.63. The maximum absolute atomic E-state index is 12.2. The summed E-state index contributed by atoms with van der Waals surface area (Å²) in [6.07, 6.45) is 1.66. The third-order valence-corrected chi connectivity index (χ3v) is 5.44. The molecular weight excluding hydrogens is 316 g/mol. The molecule has 0 bridgehead atoms. The first kappa shape index (κ1) is 15.9. The van der Waals surface area contributed by atoms with Crippen molar-refractivity contribution in [1.82, 2.24) is 20.1 Å². The van der Waals surface area contributed by atoms with E-state index in [0.29, 0.717) is 19.6 Å². The molecule has 23 heavy (non-hydrogen) atoms. The number of fused-ring (bicyclic) bond motifs is 1. The fraction of sp³-hybridized carbons (Fsp3) is 0.600. The second kappa shape index (κ2) is 6.27. The Morgan fingerprint density at radius 3 is 2.57 bits per heavy atom. The summed E-state index contributed by atoms with van der Waals surface area (Å²) in [5.41, 5.74) is 1.02. The number of urea groups is 1. The zero-order valence-electron chi connectivity index (χ0n) is 13.2. The Morgan fingerprint density at radius 1 is 1.35 bits per heavy atom. The molecule has 1 aromatic rings. The summed E-state index contributed by atoms with van der Waals surface area (Å²) in [5.74, 6) is -1.07. The van der Waals surface area contributed by atoms with E-state index < -0.39 is 0 Å². The van der Waals surface area contributed by atoms with Crippen LogP contribution in [0.2, 0.25) is 0 Å². The largest absolute Gasteiger partial charge is 0.338 e. The maximum Gasteiger partial charge on any atom is 0.317 e. The highest BCUT2D eigenvalue weighted by Crippen LogP contribution is 2.32. The van der Waals surface area contributed by atoms with Crippen molar-refractivity contribution in [2.75, 3.05) is 26.7 Å². The quantitative estimate of drug-likeness (QED) is 0.646. The van der Waals surface area contributed by atoms with Crippen molar-refractivity contribution in [2.24, 2.45) is 11.8 Å². The smallest absolute Gasteiger partial charge is 0.317 e. The lowest BCUT2D eigenvalue weighted by Gasteiger charge is -2.19. The number of thiazole rings is 1. The van der Waals surface area contributed by atoms with E-state index in [1.807, 2.05) is 12.3 Å². The number of rotatable bonds is 4. The van der Waals surface area contributed by atoms with Crippen LogP contribution < -0.4 is 5.32 Å². The molecule has 8 heteroatoms. The van der Waals surface area contributed by atoms with Crippen LogP contribution in [0.4, 0.5) is 4.79 Å². The first-order valence-electron chi connectivity index (χ1n) is 7.72. The molecule has 7 nitrogen and oxygen atoms in total. The third kappa shape index (κ3) is 3.08. The van der Waals surface area contributed by atoms with E-state index in [0.717, 1.165) is 23.5 Å². The van der Waals surface area contributed by atoms with Crippen LogP contribution in [0.5, 0.6) is 0 Å². The lowest BCUT2D eigenvalue weighted by molar-refractivity contribution is -0.138. The van der Waals surface area contributed by atoms with Gasteiger partial charge in [0.2, 0.25) is 11.8 Å². The average Bonchev–Trinajstić information content (AvgIpc) is 3.19. The first-order valence-corrected chi connectivity index (χ1v) is 8.60. The molecule has 4 amide bonds. The Labute approximate surface area is 138 Å². The third-order valence-electron chi connectivity index (χ3n) is 4.41. The number of amides is 4. The Kier molecular flexibility index (Phi) is 4.34. The summed E-state index contributed by atoms with van der Waals surface area (Å²) in [6, 6.07) is -0.196. The van der Waals surface area contributed by atoms with Gasteiger partial charge in [-0.3, -0.25) is 14.5 Å². The Morgan fingerprint density at radius 2 is 2.00 bits per heavy atom. The molecule has 2 aliphatic heterocycles. The van der Waals surface area contributed by atoms with E-state index >= 15 is 0 Å². The van der Waals surface area contributed by atoms with E-state index in [-0.39, 0.29) is 29.7 Å². The van der Waals surface area contributed by atoms with Gasteiger partial charge in [-0.25, -0.2) is 9.78 Å². The van der Waals surface area contributed by atoms with Crippen molar-refractivity contribution < 1.29 is 14.4 Å². The number of nitrogens with one attached hydrogen (secondary N) is 1. The van der Waals surface area contributed by atoms with Crippen LogP contribution in [0.15, 0.2) is 5.38 Å². The van der Waals surface area contributed by atoms with Crippen LogP contribution in [-0.2, 0) is 16.0 Å². The van der Waals surface area contributed by atoms with Gasteiger partial charge in [0, 0.05) is 44.2 Å². The minimum Gasteiger partial charge on any atom is -0.338 e. The Bertz CT molecular complexity index is 620. The lowest BCUT2D eigenvalue weighted by Crippen LogP contribution is -2.42. The average molecular weight is 336 g/mol. The van der Waals surface area contributed by atoms with Gasteiger partial charge in [0.15, 0.2) is 0 Å². The SMILES string of the molecule is Cc1csc(CCCNC(=O)N2C[C@@H]3C(=O)N(C)C(=O)[C@@H]3C2)n1. The summed E-state index contributed by atoms with van der Waals surface area (Å²) in [6.45, 7) is 3.19. The number of carbonyl (C=O) groups is 3. The molecule has 3 rings (SSSR count). The number of aryl methyl sites for hydroxylation is 2. The number of nitrogens with zero attached hydrogens (tertiary/aromatic N) is 3. The predicted molar refractivity (Wildman–Crippen MR) is 84.9 cm³/mol. The second-order valence-corrected chi connectivity index (χ2v) is 7.01. The van der Waals surface area contributed by atoms with Gasteiger partial charge in [0.05, 0.1) is 16.8 Å². The van der Waals surface area contributed by atoms with Crippen LogP contribution in [0.1, 0.15) is 17.1 Å². The molecule has 0 unspecified atom stereocenters. The number of carbonyl (C=O) groups excluding carboxylic acids is 3. The first-order chi connectivity index (χ1) is 11.0. The normalized spacial score (nSPS) is 23.6. The van der Waals surface area contributed by atoms with Gasteiger partial charge >= 0.3 is 6.03 Å². The highest BCUT2D eigenvalue weighted by atomic mass is 32.1. The van der Waals surface area contributed by atoms with E-state index in [4.69, 9.17) is 0 Å². The van der Waals surface area contributed by atoms with Crippen LogP contribution in [0, 0.1) is 18.8 Å². The Hall–Kier alpha value is -1.96. The van der Waals surface area contributed by atoms with Gasteiger partial charge in [-0.2, -0.15) is 0 Å². The van der Waals surface area contributed by atoms with Crippen LogP contribution in [-0.4, -0.2) is 59.3 Å². The standard InChI is InChI=1S/C15H20N4O3S/c1-9-8-23-12(17-9)4-3-5-16-15(22)19-6-10-11(7-19)14(21)18(2)13(10)20/h8,10-11H,3-7H2,1-2H3,(H,16,22)/t10-,11+. The summed E-state index contributed by atoms with van der Waals surface area (Å²) in [7, 11) is 1.51. The zero-order valence-corrected chi connectivity index (χ0v) is 14.1. The molecule has 1 N–H and O–H groups in total. The molecule has 0 aliphatic carbocycles. The van der Waals surface area contributed by atoms with E-state index in [9.17, 15) is 14.4 Å². The molecule has 2 fully saturated rings. The molecule has 0 saturated carbocycles. The summed E-state index contributed by atoms with van der Waals surface area (Å²) < 4.78 is 0. The molecule has 2 aliphatic rings. The fourth-order valence-electron chi connectivity index (χ4n) is 3.14. The van der Waals surface area contributed by atoms with Crippen molar-refractivity contribution in [3.63, 3.8) is 0 Å². The molecule has 3 heterocycles. The molecule has 1 aromatic heterocycles. The van der Waals surface area contributed by atoms with Gasteiger partial charge in [0.25, 0.3) is 0 Å². The molecule has 2 atom stereocenters. The van der Waals surface area contributed by atoms with Crippen LogP contribution >= 0.6 is 11.3 Å². The van der Waals surface area contributed by atoms with Gasteiger partial charge in [-0.1, -0.05) is 0 Å². The number of aromatic nitrogens is 1. The van der Waals surface area contributed by atoms with E-state index in [1.165, 1.54) is 11.9 Å². The molecule has 2 saturated heterocycles. The number of hydrogen-bond acceptors (Lipinski definition) is 5. The second-order valence-electron chi connectivity index (χ2n) is 6.07. The zero-order chi connectivity index (χ0) is 16.6. The molecule has 0 aromatic carbocycles. The maximum atomic E-state index is 12.2. The van der Waals surface area contributed by atoms with Gasteiger partial charge in [0.1, 0.15) is 0 Å². The minimum atomic E-state index is -0.364. The molecular formula is C15H20N4O3S. The monoisotopic (exact) mass is 336 g/mol. The van der Waals surface area contributed by atoms with Crippen molar-refractivity contribution in [3.05, 3.63) is 16.1 Å². The Balaban J connectivity index is 1.43. The minimum absolute atomic E-state index is 0.172. The van der Waals surface area contributed by atoms with Gasteiger partial charge in [-0.15, -0.1) is 11.3 Å². The fourth-order valence-corrected chi connectivity index (χ4v) is 3.96. The summed E-state index contributed by atoms with van der Waals surface area (Å²) in [4.78, 5) is 43.1. The molecule has 0 spiro atoms. The number of likely N-dealkylation sites (tertiary alicyclic amines) is 2. The van der Waals surface area contributed by atoms with Gasteiger partial charge in [-0.05, 0) is 13.3 Å². The highest BCUT2D eigenvalue weighted by Gasteiger charge is 2.51. The highest BCUT2D eigenvalue weighted by molar-refractivity contribution is 7.09. The van der Waals surface area contributed by atoms with Crippen molar-refractivity contribution >= 4 is 29.2 Å².